The summed E-state index contributed by atoms with van der Waals surface area (Å²) in [7, 11) is 0. The van der Waals surface area contributed by atoms with Crippen LogP contribution in [0.2, 0.25) is 0 Å². The molecule has 0 fully saturated rings. The Hall–Kier alpha value is -2.28. The van der Waals surface area contributed by atoms with Crippen LogP contribution in [0.1, 0.15) is 26.3 Å². The first-order valence-corrected chi connectivity index (χ1v) is 8.34. The van der Waals surface area contributed by atoms with Crippen molar-refractivity contribution in [3.8, 4) is 0 Å². The Morgan fingerprint density at radius 3 is 1.35 bits per heavy atom. The SMILES string of the molecule is C/C=C/C=C/[B-](/C=C/C=C/C)(/C=C/C=C/C)c1ccc(C)cc1. The summed E-state index contributed by atoms with van der Waals surface area (Å²) in [6.07, 6.45) is 17.8. The molecule has 1 aromatic carbocycles. The van der Waals surface area contributed by atoms with E-state index >= 15 is 0 Å². The number of aryl methyl sites for hydroxylation is 1. The van der Waals surface area contributed by atoms with Gasteiger partial charge in [0.15, 0.2) is 0 Å². The molecule has 0 aliphatic heterocycles. The molecule has 0 aromatic heterocycles. The van der Waals surface area contributed by atoms with Gasteiger partial charge in [0.1, 0.15) is 0 Å². The fourth-order valence-electron chi connectivity index (χ4n) is 2.50. The molecule has 0 atom stereocenters. The lowest BCUT2D eigenvalue weighted by molar-refractivity contribution is 1.49. The van der Waals surface area contributed by atoms with Gasteiger partial charge in [0, 0.05) is 0 Å². The number of hydrogen-bond donors (Lipinski definition) is 0. The summed E-state index contributed by atoms with van der Waals surface area (Å²) < 4.78 is 0. The smallest absolute Gasteiger partial charge is 0.0853 e. The molecule has 0 radical (unpaired) electrons. The van der Waals surface area contributed by atoms with E-state index < -0.39 is 6.15 Å². The van der Waals surface area contributed by atoms with E-state index in [2.05, 4.69) is 104 Å². The molecule has 1 heteroatoms. The van der Waals surface area contributed by atoms with E-state index in [0.29, 0.717) is 0 Å². The molecule has 0 amide bonds. The van der Waals surface area contributed by atoms with Gasteiger partial charge in [0.05, 0.1) is 6.15 Å². The van der Waals surface area contributed by atoms with Crippen LogP contribution in [0.15, 0.2) is 96.9 Å². The van der Waals surface area contributed by atoms with Crippen LogP contribution in [0.25, 0.3) is 0 Å². The lowest BCUT2D eigenvalue weighted by Gasteiger charge is -2.32. The highest BCUT2D eigenvalue weighted by Gasteiger charge is 2.15. The van der Waals surface area contributed by atoms with Crippen molar-refractivity contribution in [1.82, 2.24) is 0 Å². The third-order valence-corrected chi connectivity index (χ3v) is 3.85. The van der Waals surface area contributed by atoms with Crippen LogP contribution in [-0.4, -0.2) is 6.15 Å². The molecule has 120 valence electrons. The van der Waals surface area contributed by atoms with Gasteiger partial charge in [-0.2, -0.15) is 5.46 Å². The Morgan fingerprint density at radius 1 is 0.609 bits per heavy atom. The maximum Gasteiger partial charge on any atom is 0.0853 e. The topological polar surface area (TPSA) is 0 Å². The summed E-state index contributed by atoms with van der Waals surface area (Å²) in [5.41, 5.74) is 2.60. The lowest BCUT2D eigenvalue weighted by Crippen LogP contribution is -2.43. The molecule has 0 unspecified atom stereocenters. The molecule has 0 nitrogen and oxygen atoms in total. The molecule has 0 spiro atoms. The van der Waals surface area contributed by atoms with Gasteiger partial charge in [-0.05, 0) is 27.7 Å². The fraction of sp³-hybridized carbons (Fsp3) is 0.182. The summed E-state index contributed by atoms with van der Waals surface area (Å²) in [5.74, 6) is 6.89. The van der Waals surface area contributed by atoms with Crippen molar-refractivity contribution in [3.63, 3.8) is 0 Å². The van der Waals surface area contributed by atoms with Gasteiger partial charge in [-0.25, -0.2) is 17.9 Å². The second-order valence-electron chi connectivity index (χ2n) is 5.72. The van der Waals surface area contributed by atoms with Crippen LogP contribution in [0.4, 0.5) is 0 Å². The van der Waals surface area contributed by atoms with Gasteiger partial charge in [0.2, 0.25) is 0 Å². The molecular formula is C22H28B-. The van der Waals surface area contributed by atoms with Crippen LogP contribution in [0.5, 0.6) is 0 Å². The first-order chi connectivity index (χ1) is 11.2. The normalized spacial score (nSPS) is 13.9. The average molecular weight is 303 g/mol. The monoisotopic (exact) mass is 303 g/mol. The van der Waals surface area contributed by atoms with Gasteiger partial charge in [0.25, 0.3) is 0 Å². The van der Waals surface area contributed by atoms with Gasteiger partial charge in [-0.1, -0.05) is 66.3 Å². The predicted molar refractivity (Wildman–Crippen MR) is 108 cm³/mol. The van der Waals surface area contributed by atoms with Crippen LogP contribution >= 0.6 is 0 Å². The number of hydrogen-bond acceptors (Lipinski definition) is 0. The second-order valence-corrected chi connectivity index (χ2v) is 5.72. The maximum atomic E-state index is 2.30. The fourth-order valence-corrected chi connectivity index (χ4v) is 2.50. The molecule has 23 heavy (non-hydrogen) atoms. The predicted octanol–water partition coefficient (Wildman–Crippen LogP) is 5.67. The highest BCUT2D eigenvalue weighted by Crippen LogP contribution is 2.13. The summed E-state index contributed by atoms with van der Waals surface area (Å²) in [4.78, 5) is 0. The molecule has 0 aliphatic carbocycles. The molecule has 0 saturated heterocycles. The Morgan fingerprint density at radius 2 is 1.00 bits per heavy atom. The van der Waals surface area contributed by atoms with Gasteiger partial charge in [-0.15, -0.1) is 18.2 Å². The molecular weight excluding hydrogens is 275 g/mol. The molecule has 0 heterocycles. The molecule has 0 saturated carbocycles. The van der Waals surface area contributed by atoms with Crippen molar-refractivity contribution in [2.24, 2.45) is 0 Å². The van der Waals surface area contributed by atoms with E-state index in [4.69, 9.17) is 0 Å². The minimum atomic E-state index is -1.04. The van der Waals surface area contributed by atoms with Gasteiger partial charge >= 0.3 is 0 Å². The van der Waals surface area contributed by atoms with E-state index in [-0.39, 0.29) is 0 Å². The Bertz CT molecular complexity index is 567. The molecule has 0 bridgehead atoms. The summed E-state index contributed by atoms with van der Waals surface area (Å²) in [6.45, 7) is 8.24. The zero-order valence-electron chi connectivity index (χ0n) is 14.8. The van der Waals surface area contributed by atoms with E-state index in [9.17, 15) is 0 Å². The third kappa shape index (κ3) is 6.16. The minimum Gasteiger partial charge on any atom is -0.233 e. The van der Waals surface area contributed by atoms with Crippen molar-refractivity contribution in [2.45, 2.75) is 27.7 Å². The molecule has 0 aliphatic rings. The van der Waals surface area contributed by atoms with E-state index in [1.165, 1.54) is 11.0 Å². The van der Waals surface area contributed by atoms with Crippen molar-refractivity contribution in [1.29, 1.82) is 0 Å². The summed E-state index contributed by atoms with van der Waals surface area (Å²) in [6, 6.07) is 8.83. The van der Waals surface area contributed by atoms with Crippen molar-refractivity contribution >= 4 is 11.6 Å². The highest BCUT2D eigenvalue weighted by atomic mass is 13.9. The Labute approximate surface area is 142 Å². The quantitative estimate of drug-likeness (QED) is 0.450. The van der Waals surface area contributed by atoms with E-state index in [1.807, 2.05) is 20.8 Å². The Balaban J connectivity index is 3.45. The van der Waals surface area contributed by atoms with Crippen LogP contribution in [0, 0.1) is 6.92 Å². The first-order valence-electron chi connectivity index (χ1n) is 8.34. The average Bonchev–Trinajstić information content (AvgIpc) is 2.56. The van der Waals surface area contributed by atoms with Crippen LogP contribution < -0.4 is 5.46 Å². The summed E-state index contributed by atoms with van der Waals surface area (Å²) in [5, 5.41) is 0. The number of rotatable bonds is 7. The second kappa shape index (κ2) is 10.5. The van der Waals surface area contributed by atoms with Gasteiger partial charge in [-0.3, -0.25) is 0 Å². The molecule has 1 rings (SSSR count). The minimum absolute atomic E-state index is 1.04. The zero-order chi connectivity index (χ0) is 17.0. The zero-order valence-corrected chi connectivity index (χ0v) is 14.8. The van der Waals surface area contributed by atoms with E-state index in [1.54, 1.807) is 0 Å². The third-order valence-electron chi connectivity index (χ3n) is 3.85. The Kier molecular flexibility index (Phi) is 8.53. The summed E-state index contributed by atoms with van der Waals surface area (Å²) >= 11 is 0. The highest BCUT2D eigenvalue weighted by molar-refractivity contribution is 7.03. The van der Waals surface area contributed by atoms with Gasteiger partial charge < -0.3 is 0 Å². The van der Waals surface area contributed by atoms with Crippen LogP contribution in [-0.2, 0) is 0 Å². The van der Waals surface area contributed by atoms with Crippen molar-refractivity contribution in [2.75, 3.05) is 0 Å². The molecule has 1 aromatic rings. The van der Waals surface area contributed by atoms with Crippen molar-refractivity contribution in [3.05, 3.63) is 102 Å². The number of benzene rings is 1. The largest absolute Gasteiger partial charge is 0.233 e. The lowest BCUT2D eigenvalue weighted by atomic mass is 9.21. The molecule has 0 N–H and O–H groups in total. The maximum absolute atomic E-state index is 2.30. The van der Waals surface area contributed by atoms with Crippen molar-refractivity contribution < 1.29 is 0 Å². The van der Waals surface area contributed by atoms with Crippen LogP contribution in [0.3, 0.4) is 0 Å². The van der Waals surface area contributed by atoms with E-state index in [0.717, 1.165) is 0 Å². The standard InChI is InChI=1S/C22H28B/c1-5-8-11-18-23(19-12-9-6-2,20-13-10-7-3)22-16-14-21(4)15-17-22/h5-20H,1-4H3/q-1/b8-5+,9-6+,10-7+,18-11+,19-12+,20-13+. The first kappa shape index (κ1) is 18.8. The number of allylic oxidation sites excluding steroid dienone is 9.